The van der Waals surface area contributed by atoms with Gasteiger partial charge in [-0.3, -0.25) is 4.79 Å². The van der Waals surface area contributed by atoms with Gasteiger partial charge in [0, 0.05) is 12.1 Å². The number of Topliss-reactive ketones (excluding diaryl/α,β-unsaturated/α-hetero) is 1. The molecule has 0 heterocycles. The molecule has 0 atom stereocenters. The summed E-state index contributed by atoms with van der Waals surface area (Å²) in [6.45, 7) is 11.3. The molecule has 0 amide bonds. The molecule has 0 N–H and O–H groups in total. The fourth-order valence-electron chi connectivity index (χ4n) is 1.87. The number of benzene rings is 1. The van der Waals surface area contributed by atoms with Crippen LogP contribution < -0.4 is 0 Å². The summed E-state index contributed by atoms with van der Waals surface area (Å²) in [6.07, 6.45) is 1.29. The maximum atomic E-state index is 11.3. The maximum Gasteiger partial charge on any atom is 0.169 e. The summed E-state index contributed by atoms with van der Waals surface area (Å²) in [5.41, 5.74) is 2.24. The van der Waals surface area contributed by atoms with Crippen LogP contribution in [0.2, 0.25) is 19.6 Å². The number of carbonyl (C=O) groups excluding carboxylic acids is 1. The van der Waals surface area contributed by atoms with E-state index in [1.54, 1.807) is 6.92 Å². The molecule has 0 fully saturated rings. The zero-order valence-electron chi connectivity index (χ0n) is 13.3. The van der Waals surface area contributed by atoms with Gasteiger partial charge in [-0.1, -0.05) is 56.9 Å². The Labute approximate surface area is 123 Å². The number of nitrogens with zero attached hydrogens (tertiary/aromatic N) is 2. The standard InChI is InChI=1S/C16H26N2OSi/c1-6-16(12-14(2)19)17-18(20(3,4)5)13-15-10-8-7-9-11-15/h7-11H,6,12-13H2,1-5H3/b17-16+. The SMILES string of the molecule is CC/C(CC(C)=O)=N\N(Cc1ccccc1)[Si](C)(C)C. The lowest BCUT2D eigenvalue weighted by molar-refractivity contribution is -0.115. The number of hydrogen-bond acceptors (Lipinski definition) is 3. The van der Waals surface area contributed by atoms with Gasteiger partial charge in [-0.15, -0.1) is 0 Å². The predicted molar refractivity (Wildman–Crippen MR) is 88.4 cm³/mol. The Hall–Kier alpha value is -1.42. The number of hydrazone groups is 1. The molecule has 0 radical (unpaired) electrons. The first kappa shape index (κ1) is 16.6. The molecule has 110 valence electrons. The quantitative estimate of drug-likeness (QED) is 0.431. The van der Waals surface area contributed by atoms with E-state index >= 15 is 0 Å². The highest BCUT2D eigenvalue weighted by Crippen LogP contribution is 2.16. The van der Waals surface area contributed by atoms with Crippen molar-refractivity contribution in [1.29, 1.82) is 0 Å². The number of carbonyl (C=O) groups is 1. The van der Waals surface area contributed by atoms with Crippen LogP contribution in [-0.4, -0.2) is 24.4 Å². The largest absolute Gasteiger partial charge is 0.320 e. The first-order valence-corrected chi connectivity index (χ1v) is 10.6. The first-order valence-electron chi connectivity index (χ1n) is 7.20. The highest BCUT2D eigenvalue weighted by Gasteiger charge is 2.23. The van der Waals surface area contributed by atoms with Gasteiger partial charge in [0.25, 0.3) is 0 Å². The molecule has 0 spiro atoms. The summed E-state index contributed by atoms with van der Waals surface area (Å²) in [7, 11) is -1.56. The molecule has 20 heavy (non-hydrogen) atoms. The van der Waals surface area contributed by atoms with Crippen LogP contribution >= 0.6 is 0 Å². The Morgan fingerprint density at radius 3 is 2.25 bits per heavy atom. The molecule has 0 unspecified atom stereocenters. The van der Waals surface area contributed by atoms with Gasteiger partial charge in [0.2, 0.25) is 0 Å². The molecule has 0 aliphatic rings. The van der Waals surface area contributed by atoms with Crippen molar-refractivity contribution >= 4 is 19.7 Å². The average molecular weight is 290 g/mol. The van der Waals surface area contributed by atoms with Crippen molar-refractivity contribution in [2.75, 3.05) is 0 Å². The topological polar surface area (TPSA) is 32.7 Å². The third-order valence-electron chi connectivity index (χ3n) is 3.07. The van der Waals surface area contributed by atoms with Crippen LogP contribution in [0.1, 0.15) is 32.3 Å². The van der Waals surface area contributed by atoms with Crippen LogP contribution in [0.3, 0.4) is 0 Å². The number of hydrogen-bond donors (Lipinski definition) is 0. The lowest BCUT2D eigenvalue weighted by Crippen LogP contribution is -2.42. The van der Waals surface area contributed by atoms with Gasteiger partial charge in [-0.2, -0.15) is 5.10 Å². The number of rotatable bonds is 7. The smallest absolute Gasteiger partial charge is 0.169 e. The highest BCUT2D eigenvalue weighted by atomic mass is 28.3. The van der Waals surface area contributed by atoms with Gasteiger partial charge in [-0.25, -0.2) is 0 Å². The van der Waals surface area contributed by atoms with Gasteiger partial charge in [0.15, 0.2) is 8.24 Å². The lowest BCUT2D eigenvalue weighted by atomic mass is 10.2. The Morgan fingerprint density at radius 2 is 1.80 bits per heavy atom. The zero-order valence-corrected chi connectivity index (χ0v) is 14.3. The fourth-order valence-corrected chi connectivity index (χ4v) is 2.97. The van der Waals surface area contributed by atoms with Crippen LogP contribution in [0, 0.1) is 0 Å². The van der Waals surface area contributed by atoms with E-state index < -0.39 is 8.24 Å². The third kappa shape index (κ3) is 5.69. The molecule has 0 saturated heterocycles. The Balaban J connectivity index is 2.95. The summed E-state index contributed by atoms with van der Waals surface area (Å²) in [5.74, 6) is 0.181. The van der Waals surface area contributed by atoms with E-state index in [0.717, 1.165) is 18.7 Å². The van der Waals surface area contributed by atoms with Gasteiger partial charge >= 0.3 is 0 Å². The van der Waals surface area contributed by atoms with E-state index in [1.807, 2.05) is 6.07 Å². The molecule has 1 rings (SSSR count). The van der Waals surface area contributed by atoms with Crippen LogP contribution in [0.15, 0.2) is 35.4 Å². The first-order chi connectivity index (χ1) is 9.32. The van der Waals surface area contributed by atoms with Crippen LogP contribution in [0.25, 0.3) is 0 Å². The van der Waals surface area contributed by atoms with E-state index in [4.69, 9.17) is 5.10 Å². The van der Waals surface area contributed by atoms with E-state index in [2.05, 4.69) is 55.5 Å². The second kappa shape index (κ2) is 7.38. The summed E-state index contributed by atoms with van der Waals surface area (Å²) >= 11 is 0. The average Bonchev–Trinajstić information content (AvgIpc) is 2.36. The molecular formula is C16H26N2OSi. The Kier molecular flexibility index (Phi) is 6.14. The zero-order chi connectivity index (χ0) is 15.2. The lowest BCUT2D eigenvalue weighted by Gasteiger charge is -2.32. The summed E-state index contributed by atoms with van der Waals surface area (Å²) in [4.78, 5) is 11.3. The Morgan fingerprint density at radius 1 is 1.20 bits per heavy atom. The summed E-state index contributed by atoms with van der Waals surface area (Å²) in [6, 6.07) is 10.4. The van der Waals surface area contributed by atoms with Crippen molar-refractivity contribution in [3.05, 3.63) is 35.9 Å². The molecular weight excluding hydrogens is 264 g/mol. The summed E-state index contributed by atoms with van der Waals surface area (Å²) in [5, 5.41) is 4.79. The number of ketones is 1. The minimum atomic E-state index is -1.56. The maximum absolute atomic E-state index is 11.3. The molecule has 1 aromatic rings. The van der Waals surface area contributed by atoms with Gasteiger partial charge < -0.3 is 4.67 Å². The van der Waals surface area contributed by atoms with Crippen molar-refractivity contribution in [3.8, 4) is 0 Å². The molecule has 0 aliphatic heterocycles. The van der Waals surface area contributed by atoms with Crippen molar-refractivity contribution in [3.63, 3.8) is 0 Å². The monoisotopic (exact) mass is 290 g/mol. The van der Waals surface area contributed by atoms with E-state index in [1.165, 1.54) is 5.56 Å². The van der Waals surface area contributed by atoms with Gasteiger partial charge in [0.1, 0.15) is 5.78 Å². The second-order valence-corrected chi connectivity index (χ2v) is 11.0. The normalized spacial score (nSPS) is 12.3. The van der Waals surface area contributed by atoms with Crippen molar-refractivity contribution in [1.82, 2.24) is 4.67 Å². The highest BCUT2D eigenvalue weighted by molar-refractivity contribution is 6.73. The Bertz CT molecular complexity index is 463. The summed E-state index contributed by atoms with van der Waals surface area (Å²) < 4.78 is 2.21. The fraction of sp³-hybridized carbons (Fsp3) is 0.500. The van der Waals surface area contributed by atoms with E-state index in [9.17, 15) is 4.79 Å². The van der Waals surface area contributed by atoms with Crippen molar-refractivity contribution in [2.45, 2.75) is 52.9 Å². The van der Waals surface area contributed by atoms with Crippen LogP contribution in [-0.2, 0) is 11.3 Å². The van der Waals surface area contributed by atoms with E-state index in [0.29, 0.717) is 6.42 Å². The molecule has 3 nitrogen and oxygen atoms in total. The molecule has 1 aromatic carbocycles. The van der Waals surface area contributed by atoms with Crippen LogP contribution in [0.5, 0.6) is 0 Å². The minimum absolute atomic E-state index is 0.181. The van der Waals surface area contributed by atoms with E-state index in [-0.39, 0.29) is 5.78 Å². The van der Waals surface area contributed by atoms with Crippen molar-refractivity contribution < 1.29 is 4.79 Å². The molecule has 0 saturated carbocycles. The molecule has 4 heteroatoms. The molecule has 0 bridgehead atoms. The second-order valence-electron chi connectivity index (χ2n) is 6.11. The molecule has 0 aliphatic carbocycles. The predicted octanol–water partition coefficient (Wildman–Crippen LogP) is 4.07. The van der Waals surface area contributed by atoms with Gasteiger partial charge in [-0.05, 0) is 18.9 Å². The third-order valence-corrected chi connectivity index (χ3v) is 4.88. The van der Waals surface area contributed by atoms with Crippen LogP contribution in [0.4, 0.5) is 0 Å². The molecule has 0 aromatic heterocycles. The van der Waals surface area contributed by atoms with Gasteiger partial charge in [0.05, 0.1) is 6.54 Å². The minimum Gasteiger partial charge on any atom is -0.320 e. The van der Waals surface area contributed by atoms with Crippen molar-refractivity contribution in [2.24, 2.45) is 5.10 Å².